The molecule has 3 aromatic rings. The van der Waals surface area contributed by atoms with Crippen LogP contribution in [0.5, 0.6) is 0 Å². The van der Waals surface area contributed by atoms with Gasteiger partial charge < -0.3 is 15.2 Å². The van der Waals surface area contributed by atoms with Crippen LogP contribution >= 0.6 is 23.8 Å². The molecule has 0 atom stereocenters. The van der Waals surface area contributed by atoms with Crippen molar-refractivity contribution in [3.05, 3.63) is 64.6 Å². The molecule has 3 rings (SSSR count). The van der Waals surface area contributed by atoms with Crippen LogP contribution in [0.25, 0.3) is 10.9 Å². The molecule has 2 N–H and O–H groups in total. The molecule has 2 heterocycles. The highest BCUT2D eigenvalue weighted by Crippen LogP contribution is 2.26. The van der Waals surface area contributed by atoms with Crippen molar-refractivity contribution in [1.82, 2.24) is 20.2 Å². The standard InChI is InChI=1S/C20H23ClN4S/c1-3-22-20(26)25(13-16-6-4-5-10-23-16)11-9-17-14(2)24-19-8-7-15(21)12-18(17)19/h4-8,10,12,24H,3,9,11,13H2,1-2H3,(H,22,26). The van der Waals surface area contributed by atoms with Crippen LogP contribution in [0.1, 0.15) is 23.9 Å². The fourth-order valence-electron chi connectivity index (χ4n) is 3.13. The summed E-state index contributed by atoms with van der Waals surface area (Å²) in [6.07, 6.45) is 2.69. The summed E-state index contributed by atoms with van der Waals surface area (Å²) in [5.41, 5.74) is 4.58. The van der Waals surface area contributed by atoms with E-state index >= 15 is 0 Å². The third kappa shape index (κ3) is 4.34. The molecule has 0 amide bonds. The summed E-state index contributed by atoms with van der Waals surface area (Å²) in [5.74, 6) is 0. The second-order valence-electron chi connectivity index (χ2n) is 6.25. The number of benzene rings is 1. The van der Waals surface area contributed by atoms with Gasteiger partial charge in [-0.2, -0.15) is 0 Å². The molecule has 6 heteroatoms. The van der Waals surface area contributed by atoms with E-state index in [-0.39, 0.29) is 0 Å². The van der Waals surface area contributed by atoms with Gasteiger partial charge in [0.05, 0.1) is 12.2 Å². The van der Waals surface area contributed by atoms with E-state index in [1.54, 1.807) is 0 Å². The van der Waals surface area contributed by atoms with E-state index in [0.717, 1.165) is 40.9 Å². The molecule has 0 aliphatic heterocycles. The van der Waals surface area contributed by atoms with Crippen LogP contribution in [0.15, 0.2) is 42.6 Å². The zero-order valence-electron chi connectivity index (χ0n) is 15.1. The summed E-state index contributed by atoms with van der Waals surface area (Å²) in [6, 6.07) is 11.9. The Balaban J connectivity index is 1.80. The molecule has 0 fully saturated rings. The maximum atomic E-state index is 6.20. The fraction of sp³-hybridized carbons (Fsp3) is 0.300. The number of hydrogen-bond donors (Lipinski definition) is 2. The molecule has 0 unspecified atom stereocenters. The van der Waals surface area contributed by atoms with Crippen LogP contribution in [-0.4, -0.2) is 33.1 Å². The summed E-state index contributed by atoms with van der Waals surface area (Å²) in [4.78, 5) is 10.0. The van der Waals surface area contributed by atoms with Crippen molar-refractivity contribution in [2.24, 2.45) is 0 Å². The number of fused-ring (bicyclic) bond motifs is 1. The van der Waals surface area contributed by atoms with Gasteiger partial charge in [-0.25, -0.2) is 0 Å². The summed E-state index contributed by atoms with van der Waals surface area (Å²) < 4.78 is 0. The Bertz CT molecular complexity index is 891. The van der Waals surface area contributed by atoms with Gasteiger partial charge in [0.25, 0.3) is 0 Å². The second kappa shape index (κ2) is 8.52. The van der Waals surface area contributed by atoms with Crippen molar-refractivity contribution in [2.75, 3.05) is 13.1 Å². The lowest BCUT2D eigenvalue weighted by Gasteiger charge is -2.25. The SMILES string of the molecule is CCNC(=S)N(CCc1c(C)[nH]c2ccc(Cl)cc12)Cc1ccccn1. The quantitative estimate of drug-likeness (QED) is 0.614. The highest BCUT2D eigenvalue weighted by molar-refractivity contribution is 7.80. The molecule has 2 aromatic heterocycles. The fourth-order valence-corrected chi connectivity index (χ4v) is 3.60. The molecule has 26 heavy (non-hydrogen) atoms. The first kappa shape index (κ1) is 18.7. The Labute approximate surface area is 164 Å². The first-order valence-electron chi connectivity index (χ1n) is 8.78. The van der Waals surface area contributed by atoms with E-state index in [2.05, 4.69) is 34.0 Å². The van der Waals surface area contributed by atoms with Gasteiger partial charge in [0.15, 0.2) is 5.11 Å². The largest absolute Gasteiger partial charge is 0.363 e. The first-order chi connectivity index (χ1) is 12.6. The van der Waals surface area contributed by atoms with Crippen LogP contribution in [-0.2, 0) is 13.0 Å². The number of aryl methyl sites for hydroxylation is 1. The monoisotopic (exact) mass is 386 g/mol. The maximum absolute atomic E-state index is 6.20. The molecular weight excluding hydrogens is 364 g/mol. The average molecular weight is 387 g/mol. The van der Waals surface area contributed by atoms with Crippen LogP contribution < -0.4 is 5.32 Å². The number of hydrogen-bond acceptors (Lipinski definition) is 2. The third-order valence-corrected chi connectivity index (χ3v) is 5.05. The molecule has 0 aliphatic carbocycles. The normalized spacial score (nSPS) is 10.9. The van der Waals surface area contributed by atoms with E-state index in [1.807, 2.05) is 42.6 Å². The number of H-pyrrole nitrogens is 1. The molecule has 0 saturated heterocycles. The molecule has 0 aliphatic rings. The number of aromatic nitrogens is 2. The molecule has 1 aromatic carbocycles. The molecule has 0 spiro atoms. The minimum absolute atomic E-state index is 0.689. The Morgan fingerprint density at radius 3 is 2.88 bits per heavy atom. The van der Waals surface area contributed by atoms with E-state index in [1.165, 1.54) is 16.6 Å². The van der Waals surface area contributed by atoms with Crippen molar-refractivity contribution in [2.45, 2.75) is 26.8 Å². The highest BCUT2D eigenvalue weighted by atomic mass is 35.5. The van der Waals surface area contributed by atoms with Crippen molar-refractivity contribution in [1.29, 1.82) is 0 Å². The topological polar surface area (TPSA) is 44.0 Å². The highest BCUT2D eigenvalue weighted by Gasteiger charge is 2.14. The van der Waals surface area contributed by atoms with Gasteiger partial charge in [0, 0.05) is 40.9 Å². The molecular formula is C20H23ClN4S. The minimum Gasteiger partial charge on any atom is -0.363 e. The third-order valence-electron chi connectivity index (χ3n) is 4.41. The number of nitrogens with zero attached hydrogens (tertiary/aromatic N) is 2. The van der Waals surface area contributed by atoms with Crippen molar-refractivity contribution >= 4 is 39.8 Å². The predicted octanol–water partition coefficient (Wildman–Crippen LogP) is 4.46. The van der Waals surface area contributed by atoms with E-state index in [9.17, 15) is 0 Å². The Morgan fingerprint density at radius 1 is 1.31 bits per heavy atom. The van der Waals surface area contributed by atoms with E-state index in [4.69, 9.17) is 23.8 Å². The Kier molecular flexibility index (Phi) is 6.12. The van der Waals surface area contributed by atoms with Gasteiger partial charge in [-0.05, 0) is 68.4 Å². The van der Waals surface area contributed by atoms with Gasteiger partial charge in [-0.1, -0.05) is 17.7 Å². The number of rotatable bonds is 6. The maximum Gasteiger partial charge on any atom is 0.169 e. The van der Waals surface area contributed by atoms with Gasteiger partial charge in [-0.3, -0.25) is 4.98 Å². The lowest BCUT2D eigenvalue weighted by atomic mass is 10.1. The lowest BCUT2D eigenvalue weighted by Crippen LogP contribution is -2.40. The minimum atomic E-state index is 0.689. The Hall–Kier alpha value is -2.11. The van der Waals surface area contributed by atoms with Crippen molar-refractivity contribution in [3.8, 4) is 0 Å². The molecule has 0 radical (unpaired) electrons. The number of nitrogens with one attached hydrogen (secondary N) is 2. The zero-order valence-corrected chi connectivity index (χ0v) is 16.6. The van der Waals surface area contributed by atoms with Crippen LogP contribution in [0.3, 0.4) is 0 Å². The van der Waals surface area contributed by atoms with Gasteiger partial charge >= 0.3 is 0 Å². The predicted molar refractivity (Wildman–Crippen MR) is 113 cm³/mol. The summed E-state index contributed by atoms with van der Waals surface area (Å²) in [5, 5.41) is 5.95. The molecule has 4 nitrogen and oxygen atoms in total. The van der Waals surface area contributed by atoms with Crippen LogP contribution in [0.2, 0.25) is 5.02 Å². The van der Waals surface area contributed by atoms with E-state index in [0.29, 0.717) is 6.54 Å². The average Bonchev–Trinajstić information content (AvgIpc) is 2.94. The van der Waals surface area contributed by atoms with E-state index < -0.39 is 0 Å². The summed E-state index contributed by atoms with van der Waals surface area (Å²) >= 11 is 11.8. The smallest absolute Gasteiger partial charge is 0.169 e. The lowest BCUT2D eigenvalue weighted by molar-refractivity contribution is 0.405. The first-order valence-corrected chi connectivity index (χ1v) is 9.56. The van der Waals surface area contributed by atoms with Crippen molar-refractivity contribution < 1.29 is 0 Å². The van der Waals surface area contributed by atoms with Crippen LogP contribution in [0, 0.1) is 6.92 Å². The van der Waals surface area contributed by atoms with Crippen molar-refractivity contribution in [3.63, 3.8) is 0 Å². The summed E-state index contributed by atoms with van der Waals surface area (Å²) in [7, 11) is 0. The molecule has 136 valence electrons. The summed E-state index contributed by atoms with van der Waals surface area (Å²) in [6.45, 7) is 6.46. The number of pyridine rings is 1. The van der Waals surface area contributed by atoms with Crippen LogP contribution in [0.4, 0.5) is 0 Å². The number of aromatic amines is 1. The van der Waals surface area contributed by atoms with Gasteiger partial charge in [-0.15, -0.1) is 0 Å². The van der Waals surface area contributed by atoms with Gasteiger partial charge in [0.2, 0.25) is 0 Å². The number of thiocarbonyl (C=S) groups is 1. The van der Waals surface area contributed by atoms with Gasteiger partial charge in [0.1, 0.15) is 0 Å². The molecule has 0 bridgehead atoms. The zero-order chi connectivity index (χ0) is 18.5. The Morgan fingerprint density at radius 2 is 2.15 bits per heavy atom. The molecule has 0 saturated carbocycles. The number of halogens is 1. The second-order valence-corrected chi connectivity index (χ2v) is 7.07.